The van der Waals surface area contributed by atoms with E-state index in [4.69, 9.17) is 4.74 Å². The van der Waals surface area contributed by atoms with Crippen LogP contribution in [0.5, 0.6) is 0 Å². The van der Waals surface area contributed by atoms with Gasteiger partial charge in [0.05, 0.1) is 5.92 Å². The second-order valence-corrected chi connectivity index (χ2v) is 6.38. The molecule has 0 fully saturated rings. The molecule has 112 valence electrons. The minimum Gasteiger partial charge on any atom is -0.461 e. The van der Waals surface area contributed by atoms with Crippen molar-refractivity contribution in [1.82, 2.24) is 5.32 Å². The van der Waals surface area contributed by atoms with E-state index in [1.165, 1.54) is 0 Å². The Labute approximate surface area is 123 Å². The van der Waals surface area contributed by atoms with Gasteiger partial charge in [-0.3, -0.25) is 9.00 Å². The first-order valence-electron chi connectivity index (χ1n) is 6.81. The number of benzene rings is 1. The highest BCUT2D eigenvalue weighted by Gasteiger charge is 2.13. The summed E-state index contributed by atoms with van der Waals surface area (Å²) < 4.78 is 16.1. The van der Waals surface area contributed by atoms with Gasteiger partial charge in [0, 0.05) is 29.4 Å². The maximum Gasteiger partial charge on any atom is 0.310 e. The number of carbonyl (C=O) groups excluding carboxylic acids is 1. The molecule has 0 amide bonds. The fraction of sp³-hybridized carbons (Fsp3) is 0.533. The molecule has 1 aromatic carbocycles. The molecule has 5 heteroatoms. The summed E-state index contributed by atoms with van der Waals surface area (Å²) >= 11 is 0. The molecule has 0 saturated carbocycles. The van der Waals surface area contributed by atoms with Crippen LogP contribution in [0.4, 0.5) is 0 Å². The van der Waals surface area contributed by atoms with Crippen molar-refractivity contribution >= 4 is 16.8 Å². The molecule has 0 saturated heterocycles. The van der Waals surface area contributed by atoms with E-state index in [2.05, 4.69) is 5.32 Å². The molecule has 1 aromatic rings. The Kier molecular flexibility index (Phi) is 8.14. The van der Waals surface area contributed by atoms with Gasteiger partial charge in [-0.25, -0.2) is 0 Å². The Bertz CT molecular complexity index is 422. The lowest BCUT2D eigenvalue weighted by molar-refractivity contribution is -0.149. The van der Waals surface area contributed by atoms with E-state index in [-0.39, 0.29) is 11.9 Å². The number of hydrogen-bond acceptors (Lipinski definition) is 4. The number of carbonyl (C=O) groups is 1. The lowest BCUT2D eigenvalue weighted by Gasteiger charge is -2.12. The van der Waals surface area contributed by atoms with Gasteiger partial charge in [0.25, 0.3) is 0 Å². The van der Waals surface area contributed by atoms with E-state index in [1.807, 2.05) is 37.3 Å². The summed E-state index contributed by atoms with van der Waals surface area (Å²) in [4.78, 5) is 11.8. The molecule has 2 atom stereocenters. The summed E-state index contributed by atoms with van der Waals surface area (Å²) in [6.45, 7) is 3.52. The zero-order valence-electron chi connectivity index (χ0n) is 12.1. The second kappa shape index (κ2) is 9.66. The summed E-state index contributed by atoms with van der Waals surface area (Å²) in [5, 5.41) is 3.18. The van der Waals surface area contributed by atoms with Crippen LogP contribution in [0.2, 0.25) is 0 Å². The molecule has 2 unspecified atom stereocenters. The zero-order chi connectivity index (χ0) is 14.8. The van der Waals surface area contributed by atoms with Crippen molar-refractivity contribution in [3.8, 4) is 0 Å². The predicted molar refractivity (Wildman–Crippen MR) is 81.8 cm³/mol. The third-order valence-electron chi connectivity index (χ3n) is 2.86. The minimum absolute atomic E-state index is 0.175. The first kappa shape index (κ1) is 16.9. The SMILES string of the molecule is CC(CNCCCS(C)=O)C(=O)OCc1ccccc1. The molecular formula is C15H23NO3S. The summed E-state index contributed by atoms with van der Waals surface area (Å²) in [6, 6.07) is 9.64. The fourth-order valence-corrected chi connectivity index (χ4v) is 2.22. The molecule has 0 spiro atoms. The highest BCUT2D eigenvalue weighted by atomic mass is 32.2. The van der Waals surface area contributed by atoms with E-state index in [0.717, 1.165) is 18.5 Å². The summed E-state index contributed by atoms with van der Waals surface area (Å²) in [5.41, 5.74) is 0.992. The Morgan fingerprint density at radius 2 is 2.05 bits per heavy atom. The Morgan fingerprint density at radius 3 is 2.70 bits per heavy atom. The third kappa shape index (κ3) is 7.40. The number of nitrogens with one attached hydrogen (secondary N) is 1. The van der Waals surface area contributed by atoms with E-state index in [1.54, 1.807) is 6.26 Å². The maximum absolute atomic E-state index is 11.8. The van der Waals surface area contributed by atoms with Gasteiger partial charge in [-0.2, -0.15) is 0 Å². The lowest BCUT2D eigenvalue weighted by Crippen LogP contribution is -2.29. The largest absolute Gasteiger partial charge is 0.461 e. The molecule has 0 aliphatic rings. The van der Waals surface area contributed by atoms with Crippen LogP contribution in [-0.4, -0.2) is 35.3 Å². The van der Waals surface area contributed by atoms with Crippen LogP contribution in [0.15, 0.2) is 30.3 Å². The molecule has 1 N–H and O–H groups in total. The average Bonchev–Trinajstić information content (AvgIpc) is 2.45. The summed E-state index contributed by atoms with van der Waals surface area (Å²) in [6.07, 6.45) is 2.55. The van der Waals surface area contributed by atoms with Gasteiger partial charge < -0.3 is 10.1 Å². The van der Waals surface area contributed by atoms with Gasteiger partial charge in [0.1, 0.15) is 6.61 Å². The smallest absolute Gasteiger partial charge is 0.310 e. The molecule has 0 aromatic heterocycles. The molecule has 0 aliphatic heterocycles. The van der Waals surface area contributed by atoms with Gasteiger partial charge in [-0.15, -0.1) is 0 Å². The molecule has 0 radical (unpaired) electrons. The third-order valence-corrected chi connectivity index (χ3v) is 3.73. The standard InChI is InChI=1S/C15H23NO3S/c1-13(11-16-9-6-10-20(2)18)15(17)19-12-14-7-4-3-5-8-14/h3-5,7-8,13,16H,6,9-12H2,1-2H3. The summed E-state index contributed by atoms with van der Waals surface area (Å²) in [7, 11) is -0.744. The van der Waals surface area contributed by atoms with Crippen molar-refractivity contribution in [2.75, 3.05) is 25.1 Å². The minimum atomic E-state index is -0.744. The first-order chi connectivity index (χ1) is 9.59. The number of hydrogen-bond donors (Lipinski definition) is 1. The van der Waals surface area contributed by atoms with Crippen molar-refractivity contribution in [3.63, 3.8) is 0 Å². The van der Waals surface area contributed by atoms with Crippen molar-refractivity contribution in [3.05, 3.63) is 35.9 Å². The van der Waals surface area contributed by atoms with Crippen LogP contribution in [0, 0.1) is 5.92 Å². The predicted octanol–water partition coefficient (Wildman–Crippen LogP) is 1.72. The summed E-state index contributed by atoms with van der Waals surface area (Å²) in [5.74, 6) is 0.325. The van der Waals surface area contributed by atoms with E-state index < -0.39 is 10.8 Å². The second-order valence-electron chi connectivity index (χ2n) is 4.83. The number of rotatable bonds is 9. The van der Waals surface area contributed by atoms with Crippen LogP contribution < -0.4 is 5.32 Å². The van der Waals surface area contributed by atoms with Crippen molar-refractivity contribution < 1.29 is 13.7 Å². The number of esters is 1. The normalized spacial score (nSPS) is 13.7. The first-order valence-corrected chi connectivity index (χ1v) is 8.53. The van der Waals surface area contributed by atoms with Gasteiger partial charge in [0.15, 0.2) is 0 Å². The maximum atomic E-state index is 11.8. The molecule has 0 bridgehead atoms. The zero-order valence-corrected chi connectivity index (χ0v) is 12.9. The van der Waals surface area contributed by atoms with Crippen molar-refractivity contribution in [2.45, 2.75) is 20.0 Å². The van der Waals surface area contributed by atoms with E-state index >= 15 is 0 Å². The molecule has 4 nitrogen and oxygen atoms in total. The van der Waals surface area contributed by atoms with Gasteiger partial charge in [-0.1, -0.05) is 37.3 Å². The fourth-order valence-electron chi connectivity index (χ4n) is 1.67. The van der Waals surface area contributed by atoms with Crippen molar-refractivity contribution in [2.24, 2.45) is 5.92 Å². The highest BCUT2D eigenvalue weighted by molar-refractivity contribution is 7.84. The van der Waals surface area contributed by atoms with Crippen LogP contribution in [0.25, 0.3) is 0 Å². The Hall–Kier alpha value is -1.20. The van der Waals surface area contributed by atoms with E-state index in [0.29, 0.717) is 18.9 Å². The molecular weight excluding hydrogens is 274 g/mol. The molecule has 0 heterocycles. The highest BCUT2D eigenvalue weighted by Crippen LogP contribution is 2.04. The van der Waals surface area contributed by atoms with Crippen LogP contribution >= 0.6 is 0 Å². The van der Waals surface area contributed by atoms with E-state index in [9.17, 15) is 9.00 Å². The van der Waals surface area contributed by atoms with Crippen molar-refractivity contribution in [1.29, 1.82) is 0 Å². The topological polar surface area (TPSA) is 55.4 Å². The van der Waals surface area contributed by atoms with Gasteiger partial charge in [0.2, 0.25) is 0 Å². The van der Waals surface area contributed by atoms with Crippen LogP contribution in [0.3, 0.4) is 0 Å². The lowest BCUT2D eigenvalue weighted by atomic mass is 10.2. The van der Waals surface area contributed by atoms with Gasteiger partial charge >= 0.3 is 5.97 Å². The molecule has 1 rings (SSSR count). The monoisotopic (exact) mass is 297 g/mol. The average molecular weight is 297 g/mol. The van der Waals surface area contributed by atoms with Gasteiger partial charge in [-0.05, 0) is 18.5 Å². The Morgan fingerprint density at radius 1 is 1.35 bits per heavy atom. The van der Waals surface area contributed by atoms with Crippen LogP contribution in [-0.2, 0) is 26.9 Å². The van der Waals surface area contributed by atoms with Crippen LogP contribution in [0.1, 0.15) is 18.9 Å². The quantitative estimate of drug-likeness (QED) is 0.557. The molecule has 20 heavy (non-hydrogen) atoms. The Balaban J connectivity index is 2.14. The number of ether oxygens (including phenoxy) is 1. The molecule has 0 aliphatic carbocycles.